The van der Waals surface area contributed by atoms with Gasteiger partial charge in [-0.1, -0.05) is 60.2 Å². The van der Waals surface area contributed by atoms with E-state index >= 15 is 0 Å². The number of sulfonamides is 1. The Kier molecular flexibility index (Phi) is 3.93. The van der Waals surface area contributed by atoms with Crippen molar-refractivity contribution in [2.45, 2.75) is 18.7 Å². The molecule has 3 aromatic rings. The molecule has 1 N–H and O–H groups in total. The van der Waals surface area contributed by atoms with Crippen LogP contribution in [-0.4, -0.2) is 8.42 Å². The average molecular weight is 361 g/mol. The molecule has 4 rings (SSSR count). The van der Waals surface area contributed by atoms with Crippen LogP contribution in [0.15, 0.2) is 77.8 Å². The minimum Gasteiger partial charge on any atom is -0.286 e. The van der Waals surface area contributed by atoms with Gasteiger partial charge in [0.25, 0.3) is 10.0 Å². The van der Waals surface area contributed by atoms with Gasteiger partial charge in [0.05, 0.1) is 4.90 Å². The maximum absolute atomic E-state index is 12.6. The summed E-state index contributed by atoms with van der Waals surface area (Å²) in [4.78, 5) is 0.260. The Hall–Kier alpha value is -2.85. The second-order valence-electron chi connectivity index (χ2n) is 6.54. The largest absolute Gasteiger partial charge is 0.286 e. The average Bonchev–Trinajstić information content (AvgIpc) is 2.95. The number of benzene rings is 3. The molecule has 0 spiro atoms. The summed E-state index contributed by atoms with van der Waals surface area (Å²) in [6.45, 7) is 4.01. The van der Waals surface area contributed by atoms with Gasteiger partial charge in [-0.05, 0) is 53.8 Å². The van der Waals surface area contributed by atoms with Gasteiger partial charge in [0.15, 0.2) is 0 Å². The molecule has 4 heteroatoms. The lowest BCUT2D eigenvalue weighted by Gasteiger charge is -2.07. The quantitative estimate of drug-likeness (QED) is 0.577. The first kappa shape index (κ1) is 16.6. The molecule has 0 aromatic heterocycles. The molecule has 0 heterocycles. The molecular formula is C22H19NO2S. The van der Waals surface area contributed by atoms with E-state index in [0.29, 0.717) is 0 Å². The van der Waals surface area contributed by atoms with E-state index in [4.69, 9.17) is 0 Å². The summed E-state index contributed by atoms with van der Waals surface area (Å²) in [5.74, 6) is 0. The van der Waals surface area contributed by atoms with Crippen LogP contribution in [0.5, 0.6) is 0 Å². The predicted molar refractivity (Wildman–Crippen MR) is 105 cm³/mol. The van der Waals surface area contributed by atoms with E-state index in [1.165, 1.54) is 11.1 Å². The molecule has 3 aromatic carbocycles. The van der Waals surface area contributed by atoms with Gasteiger partial charge in [-0.25, -0.2) is 8.42 Å². The first-order chi connectivity index (χ1) is 12.5. The van der Waals surface area contributed by atoms with Crippen LogP contribution in [0.3, 0.4) is 0 Å². The fourth-order valence-electron chi connectivity index (χ4n) is 3.41. The molecule has 0 fully saturated rings. The van der Waals surface area contributed by atoms with E-state index in [-0.39, 0.29) is 4.90 Å². The summed E-state index contributed by atoms with van der Waals surface area (Å²) in [6.07, 6.45) is 1.61. The number of hydrogen-bond acceptors (Lipinski definition) is 2. The van der Waals surface area contributed by atoms with E-state index in [0.717, 1.165) is 27.8 Å². The summed E-state index contributed by atoms with van der Waals surface area (Å²) in [5, 5.41) is 0. The van der Waals surface area contributed by atoms with Gasteiger partial charge in [-0.3, -0.25) is 4.72 Å². The summed E-state index contributed by atoms with van der Waals surface area (Å²) in [5.41, 5.74) is 7.51. The fourth-order valence-corrected chi connectivity index (χ4v) is 4.31. The lowest BCUT2D eigenvalue weighted by Crippen LogP contribution is -2.18. The molecule has 0 aliphatic heterocycles. The summed E-state index contributed by atoms with van der Waals surface area (Å²) < 4.78 is 27.9. The van der Waals surface area contributed by atoms with Crippen molar-refractivity contribution in [2.75, 3.05) is 0 Å². The molecule has 3 nitrogen and oxygen atoms in total. The second kappa shape index (κ2) is 6.15. The van der Waals surface area contributed by atoms with Crippen molar-refractivity contribution in [3.8, 4) is 11.1 Å². The second-order valence-corrected chi connectivity index (χ2v) is 8.25. The Morgan fingerprint density at radius 2 is 1.42 bits per heavy atom. The normalized spacial score (nSPS) is 14.2. The van der Waals surface area contributed by atoms with Crippen molar-refractivity contribution < 1.29 is 8.42 Å². The third kappa shape index (κ3) is 2.72. The molecule has 0 amide bonds. The number of fused-ring (bicyclic) bond motifs is 3. The van der Waals surface area contributed by atoms with Gasteiger partial charge in [-0.2, -0.15) is 0 Å². The highest BCUT2D eigenvalue weighted by Crippen LogP contribution is 2.45. The zero-order valence-corrected chi connectivity index (χ0v) is 15.5. The maximum atomic E-state index is 12.6. The predicted octanol–water partition coefficient (Wildman–Crippen LogP) is 4.65. The Balaban J connectivity index is 1.79. The van der Waals surface area contributed by atoms with Gasteiger partial charge < -0.3 is 0 Å². The molecular weight excluding hydrogens is 342 g/mol. The van der Waals surface area contributed by atoms with Crippen molar-refractivity contribution in [1.82, 2.24) is 4.72 Å². The summed E-state index contributed by atoms with van der Waals surface area (Å²) in [7, 11) is -3.61. The summed E-state index contributed by atoms with van der Waals surface area (Å²) >= 11 is 0. The minimum absolute atomic E-state index is 0.260. The zero-order chi connectivity index (χ0) is 18.3. The first-order valence-corrected chi connectivity index (χ1v) is 9.94. The van der Waals surface area contributed by atoms with Crippen LogP contribution in [0.1, 0.15) is 22.3 Å². The Bertz CT molecular complexity index is 1130. The molecule has 1 aliphatic carbocycles. The van der Waals surface area contributed by atoms with Crippen LogP contribution in [0.2, 0.25) is 0 Å². The number of aryl methyl sites for hydroxylation is 2. The third-order valence-electron chi connectivity index (χ3n) is 4.74. The lowest BCUT2D eigenvalue weighted by atomic mass is 10.0. The topological polar surface area (TPSA) is 46.2 Å². The van der Waals surface area contributed by atoms with Crippen molar-refractivity contribution in [3.63, 3.8) is 0 Å². The van der Waals surface area contributed by atoms with Crippen LogP contribution in [0, 0.1) is 13.8 Å². The van der Waals surface area contributed by atoms with Crippen LogP contribution in [-0.2, 0) is 10.0 Å². The van der Waals surface area contributed by atoms with Gasteiger partial charge in [0.1, 0.15) is 0 Å². The third-order valence-corrected chi connectivity index (χ3v) is 6.06. The molecule has 26 heavy (non-hydrogen) atoms. The minimum atomic E-state index is -3.61. The van der Waals surface area contributed by atoms with E-state index in [2.05, 4.69) is 23.8 Å². The van der Waals surface area contributed by atoms with Crippen LogP contribution < -0.4 is 4.72 Å². The lowest BCUT2D eigenvalue weighted by molar-refractivity contribution is 0.590. The van der Waals surface area contributed by atoms with Crippen LogP contribution >= 0.6 is 0 Å². The molecule has 130 valence electrons. The number of rotatable bonds is 3. The van der Waals surface area contributed by atoms with Crippen LogP contribution in [0.25, 0.3) is 16.7 Å². The zero-order valence-electron chi connectivity index (χ0n) is 14.7. The SMILES string of the molecule is Cc1ccc(S(=O)(=O)NC=C2c3ccccc3-c3c(C)cccc32)cc1. The maximum Gasteiger partial charge on any atom is 0.261 e. The van der Waals surface area contributed by atoms with Gasteiger partial charge >= 0.3 is 0 Å². The Labute approximate surface area is 154 Å². The summed E-state index contributed by atoms with van der Waals surface area (Å²) in [6, 6.07) is 21.0. The van der Waals surface area contributed by atoms with E-state index < -0.39 is 10.0 Å². The fraction of sp³-hybridized carbons (Fsp3) is 0.0909. The standard InChI is InChI=1S/C22H19NO2S/c1-15-10-12-17(13-11-15)26(24,25)23-14-21-18-7-3-4-8-19(18)22-16(2)6-5-9-20(21)22/h3-14,23H,1-2H3. The van der Waals surface area contributed by atoms with E-state index in [1.807, 2.05) is 37.3 Å². The van der Waals surface area contributed by atoms with Gasteiger partial charge in [-0.15, -0.1) is 0 Å². The number of hydrogen-bond donors (Lipinski definition) is 1. The monoisotopic (exact) mass is 361 g/mol. The highest BCUT2D eigenvalue weighted by atomic mass is 32.2. The molecule has 0 atom stereocenters. The van der Waals surface area contributed by atoms with Gasteiger partial charge in [0, 0.05) is 11.8 Å². The van der Waals surface area contributed by atoms with Crippen LogP contribution in [0.4, 0.5) is 0 Å². The molecule has 0 saturated carbocycles. The first-order valence-electron chi connectivity index (χ1n) is 8.46. The molecule has 1 aliphatic rings. The number of nitrogens with one attached hydrogen (secondary N) is 1. The van der Waals surface area contributed by atoms with Crippen molar-refractivity contribution in [2.24, 2.45) is 0 Å². The molecule has 0 saturated heterocycles. The van der Waals surface area contributed by atoms with Crippen molar-refractivity contribution >= 4 is 15.6 Å². The van der Waals surface area contributed by atoms with Gasteiger partial charge in [0.2, 0.25) is 0 Å². The molecule has 0 radical (unpaired) electrons. The molecule has 0 bridgehead atoms. The Morgan fingerprint density at radius 3 is 2.15 bits per heavy atom. The smallest absolute Gasteiger partial charge is 0.261 e. The van der Waals surface area contributed by atoms with E-state index in [1.54, 1.807) is 30.5 Å². The molecule has 0 unspecified atom stereocenters. The highest BCUT2D eigenvalue weighted by molar-refractivity contribution is 7.89. The highest BCUT2D eigenvalue weighted by Gasteiger charge is 2.24. The van der Waals surface area contributed by atoms with Crippen molar-refractivity contribution in [1.29, 1.82) is 0 Å². The van der Waals surface area contributed by atoms with E-state index in [9.17, 15) is 8.42 Å². The Morgan fingerprint density at radius 1 is 0.769 bits per heavy atom. The van der Waals surface area contributed by atoms with Crippen molar-refractivity contribution in [3.05, 3.63) is 95.2 Å².